The van der Waals surface area contributed by atoms with Gasteiger partial charge in [-0.1, -0.05) is 12.5 Å². The molecule has 86 valence electrons. The van der Waals surface area contributed by atoms with Crippen molar-refractivity contribution in [2.24, 2.45) is 0 Å². The summed E-state index contributed by atoms with van der Waals surface area (Å²) >= 11 is 0. The topological polar surface area (TPSA) is 65.2 Å². The molecule has 0 aromatic carbocycles. The maximum atomic E-state index is 12.0. The third-order valence-corrected chi connectivity index (χ3v) is 3.21. The summed E-state index contributed by atoms with van der Waals surface area (Å²) in [7, 11) is 0. The Morgan fingerprint density at radius 2 is 2.31 bits per heavy atom. The standard InChI is InChI=1S/C12H16N2O2/c1-2-16-11(15)12(6-3-7-12)9-4-5-10(13)14-8-9/h4-5,8H,2-3,6-7H2,1H3,(H2,13,14). The van der Waals surface area contributed by atoms with E-state index in [1.165, 1.54) is 0 Å². The highest BCUT2D eigenvalue weighted by Crippen LogP contribution is 2.44. The summed E-state index contributed by atoms with van der Waals surface area (Å²) in [4.78, 5) is 16.0. The van der Waals surface area contributed by atoms with Crippen LogP contribution in [0.4, 0.5) is 5.82 Å². The Balaban J connectivity index is 2.27. The zero-order valence-electron chi connectivity index (χ0n) is 9.40. The van der Waals surface area contributed by atoms with Gasteiger partial charge in [-0.3, -0.25) is 4.79 Å². The van der Waals surface area contributed by atoms with Gasteiger partial charge in [-0.2, -0.15) is 0 Å². The van der Waals surface area contributed by atoms with E-state index in [2.05, 4.69) is 4.98 Å². The molecular weight excluding hydrogens is 204 g/mol. The fourth-order valence-electron chi connectivity index (χ4n) is 2.10. The number of anilines is 1. The van der Waals surface area contributed by atoms with Crippen LogP contribution in [0.2, 0.25) is 0 Å². The number of esters is 1. The van der Waals surface area contributed by atoms with Crippen LogP contribution in [-0.4, -0.2) is 17.6 Å². The number of carbonyl (C=O) groups is 1. The number of hydrogen-bond acceptors (Lipinski definition) is 4. The summed E-state index contributed by atoms with van der Waals surface area (Å²) in [5, 5.41) is 0. The molecule has 4 nitrogen and oxygen atoms in total. The molecular formula is C12H16N2O2. The number of nitrogens with two attached hydrogens (primary N) is 1. The van der Waals surface area contributed by atoms with Gasteiger partial charge in [0.2, 0.25) is 0 Å². The van der Waals surface area contributed by atoms with Crippen molar-refractivity contribution in [1.29, 1.82) is 0 Å². The van der Waals surface area contributed by atoms with Crippen LogP contribution in [0.3, 0.4) is 0 Å². The van der Waals surface area contributed by atoms with Crippen molar-refractivity contribution in [2.75, 3.05) is 12.3 Å². The second kappa shape index (κ2) is 4.12. The van der Waals surface area contributed by atoms with E-state index in [-0.39, 0.29) is 5.97 Å². The van der Waals surface area contributed by atoms with E-state index in [0.29, 0.717) is 12.4 Å². The molecule has 2 N–H and O–H groups in total. The quantitative estimate of drug-likeness (QED) is 0.786. The van der Waals surface area contributed by atoms with Crippen molar-refractivity contribution < 1.29 is 9.53 Å². The largest absolute Gasteiger partial charge is 0.465 e. The van der Waals surface area contributed by atoms with Gasteiger partial charge >= 0.3 is 5.97 Å². The molecule has 4 heteroatoms. The highest BCUT2D eigenvalue weighted by atomic mass is 16.5. The van der Waals surface area contributed by atoms with E-state index in [1.807, 2.05) is 13.0 Å². The lowest BCUT2D eigenvalue weighted by Gasteiger charge is -2.39. The molecule has 16 heavy (non-hydrogen) atoms. The Morgan fingerprint density at radius 3 is 2.75 bits per heavy atom. The molecule has 1 fully saturated rings. The van der Waals surface area contributed by atoms with Crippen LogP contribution in [0.25, 0.3) is 0 Å². The molecule has 1 saturated carbocycles. The molecule has 1 aromatic rings. The third kappa shape index (κ3) is 1.64. The predicted molar refractivity (Wildman–Crippen MR) is 60.8 cm³/mol. The fraction of sp³-hybridized carbons (Fsp3) is 0.500. The minimum absolute atomic E-state index is 0.132. The average molecular weight is 220 g/mol. The van der Waals surface area contributed by atoms with Crippen LogP contribution in [0.5, 0.6) is 0 Å². The Kier molecular flexibility index (Phi) is 2.81. The zero-order chi connectivity index (χ0) is 11.6. The second-order valence-corrected chi connectivity index (χ2v) is 4.13. The lowest BCUT2D eigenvalue weighted by Crippen LogP contribution is -2.43. The van der Waals surface area contributed by atoms with Gasteiger partial charge in [0, 0.05) is 6.20 Å². The number of aromatic nitrogens is 1. The van der Waals surface area contributed by atoms with Gasteiger partial charge in [0.05, 0.1) is 12.0 Å². The summed E-state index contributed by atoms with van der Waals surface area (Å²) in [6.07, 6.45) is 4.43. The lowest BCUT2D eigenvalue weighted by molar-refractivity contribution is -0.153. The fourth-order valence-corrected chi connectivity index (χ4v) is 2.10. The van der Waals surface area contributed by atoms with E-state index >= 15 is 0 Å². The Morgan fingerprint density at radius 1 is 1.56 bits per heavy atom. The maximum absolute atomic E-state index is 12.0. The molecule has 2 rings (SSSR count). The highest BCUT2D eigenvalue weighted by molar-refractivity contribution is 5.84. The number of nitrogen functional groups attached to an aromatic ring is 1. The van der Waals surface area contributed by atoms with Crippen LogP contribution >= 0.6 is 0 Å². The molecule has 1 aliphatic carbocycles. The van der Waals surface area contributed by atoms with E-state index in [1.54, 1.807) is 12.3 Å². The van der Waals surface area contributed by atoms with Crippen molar-refractivity contribution >= 4 is 11.8 Å². The van der Waals surface area contributed by atoms with Crippen LogP contribution in [0.1, 0.15) is 31.7 Å². The van der Waals surface area contributed by atoms with Crippen molar-refractivity contribution in [3.05, 3.63) is 23.9 Å². The molecule has 0 amide bonds. The molecule has 0 bridgehead atoms. The van der Waals surface area contributed by atoms with Gasteiger partial charge in [0.25, 0.3) is 0 Å². The zero-order valence-corrected chi connectivity index (χ0v) is 9.40. The van der Waals surface area contributed by atoms with Crippen molar-refractivity contribution in [2.45, 2.75) is 31.6 Å². The lowest BCUT2D eigenvalue weighted by atomic mass is 9.65. The molecule has 0 atom stereocenters. The second-order valence-electron chi connectivity index (χ2n) is 4.13. The SMILES string of the molecule is CCOC(=O)C1(c2ccc(N)nc2)CCC1. The monoisotopic (exact) mass is 220 g/mol. The first-order valence-electron chi connectivity index (χ1n) is 5.58. The minimum Gasteiger partial charge on any atom is -0.465 e. The summed E-state index contributed by atoms with van der Waals surface area (Å²) in [6.45, 7) is 2.24. The summed E-state index contributed by atoms with van der Waals surface area (Å²) in [5.74, 6) is 0.343. The van der Waals surface area contributed by atoms with Crippen LogP contribution in [0.15, 0.2) is 18.3 Å². The van der Waals surface area contributed by atoms with E-state index in [4.69, 9.17) is 10.5 Å². The van der Waals surface area contributed by atoms with E-state index in [0.717, 1.165) is 24.8 Å². The van der Waals surface area contributed by atoms with E-state index < -0.39 is 5.41 Å². The van der Waals surface area contributed by atoms with Crippen LogP contribution in [0, 0.1) is 0 Å². The van der Waals surface area contributed by atoms with Gasteiger partial charge in [0.15, 0.2) is 0 Å². The molecule has 0 saturated heterocycles. The molecule has 0 radical (unpaired) electrons. The molecule has 1 aromatic heterocycles. The third-order valence-electron chi connectivity index (χ3n) is 3.21. The number of hydrogen-bond donors (Lipinski definition) is 1. The average Bonchev–Trinajstić information content (AvgIpc) is 2.19. The van der Waals surface area contributed by atoms with Gasteiger partial charge in [0.1, 0.15) is 5.82 Å². The normalized spacial score (nSPS) is 17.6. The first-order chi connectivity index (χ1) is 7.69. The molecule has 0 spiro atoms. The van der Waals surface area contributed by atoms with Gasteiger partial charge < -0.3 is 10.5 Å². The van der Waals surface area contributed by atoms with Gasteiger partial charge in [-0.15, -0.1) is 0 Å². The first-order valence-corrected chi connectivity index (χ1v) is 5.58. The summed E-state index contributed by atoms with van der Waals surface area (Å²) < 4.78 is 5.14. The van der Waals surface area contributed by atoms with Crippen LogP contribution in [-0.2, 0) is 14.9 Å². The predicted octanol–water partition coefficient (Wildman–Crippen LogP) is 1.65. The number of ether oxygens (including phenoxy) is 1. The minimum atomic E-state index is -0.462. The van der Waals surface area contributed by atoms with Crippen molar-refractivity contribution in [1.82, 2.24) is 4.98 Å². The first kappa shape index (κ1) is 10.9. The summed E-state index contributed by atoms with van der Waals surface area (Å²) in [5.41, 5.74) is 6.00. The van der Waals surface area contributed by atoms with Gasteiger partial charge in [-0.05, 0) is 31.4 Å². The molecule has 0 unspecified atom stereocenters. The molecule has 0 aliphatic heterocycles. The van der Waals surface area contributed by atoms with Gasteiger partial charge in [-0.25, -0.2) is 4.98 Å². The smallest absolute Gasteiger partial charge is 0.316 e. The molecule has 1 aliphatic rings. The Labute approximate surface area is 94.8 Å². The van der Waals surface area contributed by atoms with E-state index in [9.17, 15) is 4.79 Å². The van der Waals surface area contributed by atoms with Crippen molar-refractivity contribution in [3.63, 3.8) is 0 Å². The summed E-state index contributed by atoms with van der Waals surface area (Å²) in [6, 6.07) is 3.60. The maximum Gasteiger partial charge on any atom is 0.316 e. The number of carbonyl (C=O) groups excluding carboxylic acids is 1. The molecule has 1 heterocycles. The van der Waals surface area contributed by atoms with Crippen LogP contribution < -0.4 is 5.73 Å². The number of rotatable bonds is 3. The number of nitrogens with zero attached hydrogens (tertiary/aromatic N) is 1. The Bertz CT molecular complexity index is 383. The van der Waals surface area contributed by atoms with Crippen molar-refractivity contribution in [3.8, 4) is 0 Å². The highest BCUT2D eigenvalue weighted by Gasteiger charge is 2.47. The number of pyridine rings is 1. The Hall–Kier alpha value is -1.58.